The second-order valence-corrected chi connectivity index (χ2v) is 4.35. The average Bonchev–Trinajstić information content (AvgIpc) is 2.45. The van der Waals surface area contributed by atoms with E-state index in [1.807, 2.05) is 0 Å². The van der Waals surface area contributed by atoms with Crippen molar-refractivity contribution >= 4 is 10.3 Å². The molecule has 1 fully saturated rings. The van der Waals surface area contributed by atoms with Crippen LogP contribution in [0.15, 0.2) is 0 Å². The van der Waals surface area contributed by atoms with Gasteiger partial charge < -0.3 is 0 Å². The molecule has 5 heteroatoms. The van der Waals surface area contributed by atoms with Crippen LogP contribution < -0.4 is 4.72 Å². The van der Waals surface area contributed by atoms with E-state index in [4.69, 9.17) is 4.18 Å². The van der Waals surface area contributed by atoms with E-state index in [1.54, 1.807) is 13.8 Å². The molecule has 66 valence electrons. The number of hydrogen-bond acceptors (Lipinski definition) is 3. The first kappa shape index (κ1) is 8.96. The molecular weight excluding hydrogens is 166 g/mol. The third-order valence-corrected chi connectivity index (χ3v) is 2.85. The quantitative estimate of drug-likeness (QED) is 0.680. The normalized spacial score (nSPS) is 21.6. The highest BCUT2D eigenvalue weighted by Crippen LogP contribution is 2.39. The van der Waals surface area contributed by atoms with Crippen molar-refractivity contribution in [3.63, 3.8) is 0 Å². The standard InChI is InChI=1S/C6H13NO3S/c1-3-7-11(8,9)10-6(2)4-5-6/h7H,3-5H2,1-2H3. The van der Waals surface area contributed by atoms with Crippen molar-refractivity contribution in [2.24, 2.45) is 0 Å². The lowest BCUT2D eigenvalue weighted by Gasteiger charge is -2.09. The Morgan fingerprint density at radius 2 is 2.09 bits per heavy atom. The molecule has 0 saturated heterocycles. The second-order valence-electron chi connectivity index (χ2n) is 2.99. The van der Waals surface area contributed by atoms with Crippen molar-refractivity contribution in [2.75, 3.05) is 6.54 Å². The van der Waals surface area contributed by atoms with Gasteiger partial charge in [-0.05, 0) is 19.8 Å². The van der Waals surface area contributed by atoms with Gasteiger partial charge in [-0.2, -0.15) is 13.1 Å². The van der Waals surface area contributed by atoms with Crippen LogP contribution in [0.1, 0.15) is 26.7 Å². The van der Waals surface area contributed by atoms with Crippen molar-refractivity contribution in [2.45, 2.75) is 32.3 Å². The maximum Gasteiger partial charge on any atom is 0.336 e. The first-order valence-electron chi connectivity index (χ1n) is 3.68. The fraction of sp³-hybridized carbons (Fsp3) is 1.00. The molecule has 1 aliphatic rings. The molecule has 1 rings (SSSR count). The number of hydrogen-bond donors (Lipinski definition) is 1. The molecule has 0 aliphatic heterocycles. The van der Waals surface area contributed by atoms with E-state index in [-0.39, 0.29) is 0 Å². The Labute approximate surface area is 67.2 Å². The minimum absolute atomic E-state index is 0.373. The summed E-state index contributed by atoms with van der Waals surface area (Å²) in [6, 6.07) is 0. The van der Waals surface area contributed by atoms with Crippen LogP contribution in [0.5, 0.6) is 0 Å². The van der Waals surface area contributed by atoms with Gasteiger partial charge in [0.2, 0.25) is 0 Å². The van der Waals surface area contributed by atoms with Gasteiger partial charge >= 0.3 is 10.3 Å². The van der Waals surface area contributed by atoms with E-state index >= 15 is 0 Å². The van der Waals surface area contributed by atoms with E-state index < -0.39 is 15.9 Å². The van der Waals surface area contributed by atoms with Crippen molar-refractivity contribution in [3.05, 3.63) is 0 Å². The van der Waals surface area contributed by atoms with Crippen LogP contribution in [0.4, 0.5) is 0 Å². The summed E-state index contributed by atoms with van der Waals surface area (Å²) in [6.07, 6.45) is 1.66. The van der Waals surface area contributed by atoms with Crippen molar-refractivity contribution in [3.8, 4) is 0 Å². The summed E-state index contributed by atoms with van der Waals surface area (Å²) in [5.41, 5.74) is -0.416. The molecule has 0 aromatic heterocycles. The molecule has 11 heavy (non-hydrogen) atoms. The molecule has 0 atom stereocenters. The predicted octanol–water partition coefficient (Wildman–Crippen LogP) is 0.410. The van der Waals surface area contributed by atoms with Crippen LogP contribution in [-0.4, -0.2) is 20.6 Å². The van der Waals surface area contributed by atoms with Crippen molar-refractivity contribution in [1.82, 2.24) is 4.72 Å². The Bertz CT molecular complexity index is 230. The molecule has 0 aromatic carbocycles. The molecule has 1 N–H and O–H groups in total. The largest absolute Gasteiger partial charge is 0.336 e. The zero-order valence-corrected chi connectivity index (χ0v) is 7.57. The molecule has 0 bridgehead atoms. The van der Waals surface area contributed by atoms with E-state index in [9.17, 15) is 8.42 Å². The highest BCUT2D eigenvalue weighted by atomic mass is 32.2. The summed E-state index contributed by atoms with van der Waals surface area (Å²) in [5, 5.41) is 0. The molecule has 4 nitrogen and oxygen atoms in total. The lowest BCUT2D eigenvalue weighted by atomic mass is 10.4. The Morgan fingerprint density at radius 1 is 1.55 bits per heavy atom. The predicted molar refractivity (Wildman–Crippen MR) is 41.3 cm³/mol. The molecule has 0 unspecified atom stereocenters. The Balaban J connectivity index is 2.47. The van der Waals surface area contributed by atoms with Gasteiger partial charge in [0.05, 0.1) is 5.60 Å². The number of nitrogens with one attached hydrogen (secondary N) is 1. The lowest BCUT2D eigenvalue weighted by Crippen LogP contribution is -2.29. The van der Waals surface area contributed by atoms with Gasteiger partial charge in [0, 0.05) is 6.54 Å². The number of rotatable bonds is 4. The second kappa shape index (κ2) is 2.73. The van der Waals surface area contributed by atoms with E-state index in [2.05, 4.69) is 4.72 Å². The lowest BCUT2D eigenvalue weighted by molar-refractivity contribution is 0.204. The van der Waals surface area contributed by atoms with Gasteiger partial charge in [0.15, 0.2) is 0 Å². The molecular formula is C6H13NO3S. The fourth-order valence-corrected chi connectivity index (χ4v) is 1.84. The highest BCUT2D eigenvalue weighted by Gasteiger charge is 2.42. The van der Waals surface area contributed by atoms with Gasteiger partial charge in [-0.3, -0.25) is 4.18 Å². The van der Waals surface area contributed by atoms with E-state index in [0.717, 1.165) is 12.8 Å². The summed E-state index contributed by atoms with van der Waals surface area (Å²) < 4.78 is 29.0. The Morgan fingerprint density at radius 3 is 2.45 bits per heavy atom. The molecule has 0 aromatic rings. The Kier molecular flexibility index (Phi) is 2.22. The SMILES string of the molecule is CCNS(=O)(=O)OC1(C)CC1. The summed E-state index contributed by atoms with van der Waals surface area (Å²) in [6.45, 7) is 3.89. The maximum absolute atomic E-state index is 11.0. The zero-order valence-electron chi connectivity index (χ0n) is 6.75. The van der Waals surface area contributed by atoms with E-state index in [0.29, 0.717) is 6.54 Å². The third-order valence-electron chi connectivity index (χ3n) is 1.59. The minimum atomic E-state index is -3.48. The van der Waals surface area contributed by atoms with Crippen LogP contribution in [0.3, 0.4) is 0 Å². The van der Waals surface area contributed by atoms with E-state index in [1.165, 1.54) is 0 Å². The van der Waals surface area contributed by atoms with Crippen molar-refractivity contribution in [1.29, 1.82) is 0 Å². The van der Waals surface area contributed by atoms with Gasteiger partial charge in [-0.15, -0.1) is 0 Å². The third kappa shape index (κ3) is 2.76. The fourth-order valence-electron chi connectivity index (χ4n) is 0.730. The smallest absolute Gasteiger partial charge is 0.252 e. The van der Waals surface area contributed by atoms with Crippen LogP contribution in [-0.2, 0) is 14.5 Å². The first-order chi connectivity index (χ1) is 4.97. The van der Waals surface area contributed by atoms with Crippen molar-refractivity contribution < 1.29 is 12.6 Å². The van der Waals surface area contributed by atoms with Crippen LogP contribution in [0, 0.1) is 0 Å². The van der Waals surface area contributed by atoms with Crippen LogP contribution in [0.25, 0.3) is 0 Å². The maximum atomic E-state index is 11.0. The van der Waals surface area contributed by atoms with Gasteiger partial charge in [-0.1, -0.05) is 6.92 Å². The Hall–Kier alpha value is -0.130. The first-order valence-corrected chi connectivity index (χ1v) is 5.08. The molecule has 0 heterocycles. The summed E-state index contributed by atoms with van der Waals surface area (Å²) >= 11 is 0. The van der Waals surface area contributed by atoms with Crippen LogP contribution in [0.2, 0.25) is 0 Å². The van der Waals surface area contributed by atoms with Gasteiger partial charge in [-0.25, -0.2) is 0 Å². The molecule has 0 spiro atoms. The minimum Gasteiger partial charge on any atom is -0.252 e. The molecule has 0 radical (unpaired) electrons. The monoisotopic (exact) mass is 179 g/mol. The molecule has 1 saturated carbocycles. The van der Waals surface area contributed by atoms with Crippen LogP contribution >= 0.6 is 0 Å². The zero-order chi connectivity index (χ0) is 8.54. The molecule has 0 amide bonds. The molecule has 1 aliphatic carbocycles. The average molecular weight is 179 g/mol. The highest BCUT2D eigenvalue weighted by molar-refractivity contribution is 7.84. The van der Waals surface area contributed by atoms with Gasteiger partial charge in [0.1, 0.15) is 0 Å². The topological polar surface area (TPSA) is 55.4 Å². The summed E-state index contributed by atoms with van der Waals surface area (Å²) in [7, 11) is -3.48. The van der Waals surface area contributed by atoms with Gasteiger partial charge in [0.25, 0.3) is 0 Å². The summed E-state index contributed by atoms with van der Waals surface area (Å²) in [5.74, 6) is 0. The summed E-state index contributed by atoms with van der Waals surface area (Å²) in [4.78, 5) is 0.